The van der Waals surface area contributed by atoms with Crippen molar-refractivity contribution in [2.45, 2.75) is 38.1 Å². The van der Waals surface area contributed by atoms with Crippen molar-refractivity contribution in [2.24, 2.45) is 23.7 Å². The fourth-order valence-corrected chi connectivity index (χ4v) is 9.12. The van der Waals surface area contributed by atoms with Crippen LogP contribution in [0.3, 0.4) is 0 Å². The van der Waals surface area contributed by atoms with E-state index in [1.54, 1.807) is 42.1 Å². The van der Waals surface area contributed by atoms with Gasteiger partial charge in [-0.3, -0.25) is 4.31 Å². The number of fused-ring (bicyclic) bond motifs is 1. The third kappa shape index (κ3) is 3.96. The predicted octanol–water partition coefficient (Wildman–Crippen LogP) is 6.99. The molecule has 1 aromatic heterocycles. The predicted molar refractivity (Wildman–Crippen MR) is 153 cm³/mol. The molecule has 6 nitrogen and oxygen atoms in total. The SMILES string of the molecule is CN1c2c(nn(-c3ccc(Cl)cc3Cl)c2-c2ccc(Cl)cc2)C(NC2C3CC4CC(C3)CC2C4)=CS1(=O)=O. The summed E-state index contributed by atoms with van der Waals surface area (Å²) in [5.74, 6) is 2.79. The summed E-state index contributed by atoms with van der Waals surface area (Å²) in [7, 11) is -2.18. The average molecular weight is 590 g/mol. The van der Waals surface area contributed by atoms with E-state index in [9.17, 15) is 8.42 Å². The third-order valence-electron chi connectivity index (χ3n) is 8.88. The van der Waals surface area contributed by atoms with Crippen molar-refractivity contribution in [1.82, 2.24) is 15.1 Å². The average Bonchev–Trinajstić information content (AvgIpc) is 3.25. The van der Waals surface area contributed by atoms with E-state index in [-0.39, 0.29) is 6.04 Å². The first kappa shape index (κ1) is 24.8. The number of rotatable bonds is 4. The lowest BCUT2D eigenvalue weighted by Crippen LogP contribution is -2.54. The van der Waals surface area contributed by atoms with Gasteiger partial charge in [0.25, 0.3) is 10.0 Å². The Kier molecular flexibility index (Phi) is 5.82. The molecular formula is C28H27Cl3N4O2S. The van der Waals surface area contributed by atoms with E-state index < -0.39 is 10.0 Å². The van der Waals surface area contributed by atoms with Crippen molar-refractivity contribution >= 4 is 56.2 Å². The van der Waals surface area contributed by atoms with E-state index in [1.807, 2.05) is 12.1 Å². The van der Waals surface area contributed by atoms with E-state index in [0.717, 1.165) is 17.4 Å². The zero-order valence-corrected chi connectivity index (χ0v) is 23.8. The highest BCUT2D eigenvalue weighted by molar-refractivity contribution is 7.95. The van der Waals surface area contributed by atoms with Crippen LogP contribution in [0.15, 0.2) is 47.9 Å². The van der Waals surface area contributed by atoms with Gasteiger partial charge in [0.05, 0.1) is 27.5 Å². The second kappa shape index (κ2) is 8.91. The number of hydrogen-bond donors (Lipinski definition) is 1. The molecule has 0 saturated heterocycles. The largest absolute Gasteiger partial charge is 0.379 e. The molecule has 8 rings (SSSR count). The van der Waals surface area contributed by atoms with Gasteiger partial charge in [0.1, 0.15) is 11.4 Å². The number of halogens is 3. The monoisotopic (exact) mass is 588 g/mol. The first-order valence-electron chi connectivity index (χ1n) is 13.0. The van der Waals surface area contributed by atoms with Crippen molar-refractivity contribution in [3.05, 3.63) is 68.6 Å². The first-order chi connectivity index (χ1) is 18.2. The Morgan fingerprint density at radius 2 is 1.53 bits per heavy atom. The standard InChI is InChI=1S/C28H27Cl3N4O2S/c1-34-28-26(23(14-38(34,36)37)32-25-18-9-15-8-16(11-18)12-19(25)10-15)33-35(24-7-6-21(30)13-22(24)31)27(28)17-2-4-20(29)5-3-17/h2-7,13-16,18-19,25,32H,8-12H2,1H3. The summed E-state index contributed by atoms with van der Waals surface area (Å²) in [4.78, 5) is 0. The second-order valence-electron chi connectivity index (χ2n) is 11.2. The van der Waals surface area contributed by atoms with Crippen LogP contribution in [0.25, 0.3) is 22.6 Å². The summed E-state index contributed by atoms with van der Waals surface area (Å²) in [5, 5.41) is 11.6. The van der Waals surface area contributed by atoms with Gasteiger partial charge in [0, 0.05) is 28.7 Å². The van der Waals surface area contributed by atoms with Gasteiger partial charge in [-0.2, -0.15) is 5.10 Å². The first-order valence-corrected chi connectivity index (χ1v) is 15.6. The second-order valence-corrected chi connectivity index (χ2v) is 14.3. The lowest BCUT2D eigenvalue weighted by atomic mass is 9.54. The van der Waals surface area contributed by atoms with Crippen LogP contribution in [0.4, 0.5) is 5.69 Å². The Morgan fingerprint density at radius 1 is 0.895 bits per heavy atom. The van der Waals surface area contributed by atoms with Gasteiger partial charge in [-0.15, -0.1) is 0 Å². The van der Waals surface area contributed by atoms with E-state index >= 15 is 0 Å². The van der Waals surface area contributed by atoms with Crippen LogP contribution in [-0.4, -0.2) is 31.3 Å². The van der Waals surface area contributed by atoms with E-state index in [0.29, 0.717) is 55.4 Å². The summed E-state index contributed by atoms with van der Waals surface area (Å²) in [6.45, 7) is 0. The zero-order chi connectivity index (χ0) is 26.3. The molecular weight excluding hydrogens is 563 g/mol. The number of anilines is 1. The Hall–Kier alpha value is -2.19. The lowest BCUT2D eigenvalue weighted by Gasteiger charge is -2.54. The maximum atomic E-state index is 13.5. The lowest BCUT2D eigenvalue weighted by molar-refractivity contribution is -0.00784. The van der Waals surface area contributed by atoms with Crippen molar-refractivity contribution in [3.63, 3.8) is 0 Å². The third-order valence-corrected chi connectivity index (χ3v) is 11.2. The summed E-state index contributed by atoms with van der Waals surface area (Å²) in [5.41, 5.74) is 3.64. The highest BCUT2D eigenvalue weighted by Gasteiger charge is 2.49. The molecule has 1 aliphatic heterocycles. The number of aromatic nitrogens is 2. The molecule has 5 aliphatic rings. The van der Waals surface area contributed by atoms with Crippen LogP contribution in [0.1, 0.15) is 37.8 Å². The van der Waals surface area contributed by atoms with Gasteiger partial charge < -0.3 is 5.32 Å². The van der Waals surface area contributed by atoms with E-state index in [4.69, 9.17) is 39.9 Å². The molecule has 4 bridgehead atoms. The summed E-state index contributed by atoms with van der Waals surface area (Å²) in [6.07, 6.45) is 6.26. The molecule has 198 valence electrons. The van der Waals surface area contributed by atoms with Crippen LogP contribution in [0, 0.1) is 23.7 Å². The molecule has 0 radical (unpaired) electrons. The van der Waals surface area contributed by atoms with Gasteiger partial charge in [-0.1, -0.05) is 46.9 Å². The fraction of sp³-hybridized carbons (Fsp3) is 0.393. The summed E-state index contributed by atoms with van der Waals surface area (Å²) >= 11 is 19.0. The maximum Gasteiger partial charge on any atom is 0.259 e. The van der Waals surface area contributed by atoms with Crippen LogP contribution in [0.5, 0.6) is 0 Å². The van der Waals surface area contributed by atoms with Crippen LogP contribution in [0.2, 0.25) is 15.1 Å². The minimum Gasteiger partial charge on any atom is -0.379 e. The molecule has 4 saturated carbocycles. The highest BCUT2D eigenvalue weighted by atomic mass is 35.5. The number of nitrogens with one attached hydrogen (secondary N) is 1. The molecule has 1 N–H and O–H groups in total. The van der Waals surface area contributed by atoms with Crippen molar-refractivity contribution in [1.29, 1.82) is 0 Å². The molecule has 2 heterocycles. The molecule has 38 heavy (non-hydrogen) atoms. The fourth-order valence-electron chi connectivity index (χ4n) is 7.44. The quantitative estimate of drug-likeness (QED) is 0.356. The Labute approximate surface area is 237 Å². The molecule has 0 spiro atoms. The minimum atomic E-state index is -3.75. The molecule has 3 aromatic rings. The van der Waals surface area contributed by atoms with Crippen molar-refractivity contribution < 1.29 is 8.42 Å². The Balaban J connectivity index is 1.40. The number of benzene rings is 2. The molecule has 2 aromatic carbocycles. The van der Waals surface area contributed by atoms with Gasteiger partial charge >= 0.3 is 0 Å². The summed E-state index contributed by atoms with van der Waals surface area (Å²) in [6, 6.07) is 12.8. The smallest absolute Gasteiger partial charge is 0.259 e. The maximum absolute atomic E-state index is 13.5. The van der Waals surface area contributed by atoms with Crippen LogP contribution >= 0.6 is 34.8 Å². The molecule has 4 aliphatic carbocycles. The molecule has 10 heteroatoms. The highest BCUT2D eigenvalue weighted by Crippen LogP contribution is 2.54. The van der Waals surface area contributed by atoms with Crippen molar-refractivity contribution in [2.75, 3.05) is 11.4 Å². The van der Waals surface area contributed by atoms with Crippen LogP contribution < -0.4 is 9.62 Å². The van der Waals surface area contributed by atoms with E-state index in [1.165, 1.54) is 41.8 Å². The van der Waals surface area contributed by atoms with Crippen LogP contribution in [-0.2, 0) is 10.0 Å². The van der Waals surface area contributed by atoms with Gasteiger partial charge in [0.15, 0.2) is 0 Å². The van der Waals surface area contributed by atoms with Crippen molar-refractivity contribution in [3.8, 4) is 16.9 Å². The normalized spacial score (nSPS) is 28.8. The van der Waals surface area contributed by atoms with E-state index in [2.05, 4.69) is 5.32 Å². The topological polar surface area (TPSA) is 67.2 Å². The molecule has 0 atom stereocenters. The number of hydrogen-bond acceptors (Lipinski definition) is 4. The van der Waals surface area contributed by atoms with Gasteiger partial charge in [0.2, 0.25) is 0 Å². The zero-order valence-electron chi connectivity index (χ0n) is 20.7. The summed E-state index contributed by atoms with van der Waals surface area (Å²) < 4.78 is 30.0. The van der Waals surface area contributed by atoms with Gasteiger partial charge in [-0.05, 0) is 86.1 Å². The molecule has 0 unspecified atom stereocenters. The molecule has 0 amide bonds. The Bertz CT molecular complexity index is 1550. The number of sulfonamides is 1. The number of nitrogens with zero attached hydrogens (tertiary/aromatic N) is 3. The minimum absolute atomic E-state index is 0.253. The Morgan fingerprint density at radius 3 is 2.16 bits per heavy atom. The van der Waals surface area contributed by atoms with Gasteiger partial charge in [-0.25, -0.2) is 13.1 Å². The molecule has 4 fully saturated rings.